The molecule has 0 radical (unpaired) electrons. The van der Waals surface area contributed by atoms with Crippen molar-refractivity contribution in [3.8, 4) is 5.75 Å². The van der Waals surface area contributed by atoms with Crippen LogP contribution in [0.15, 0.2) is 42.7 Å². The smallest absolute Gasteiger partial charge is 0.262 e. The first-order chi connectivity index (χ1) is 9.65. The van der Waals surface area contributed by atoms with E-state index in [1.807, 2.05) is 19.1 Å². The number of nitrogens with zero attached hydrogens (tertiary/aromatic N) is 2. The van der Waals surface area contributed by atoms with Crippen LogP contribution in [0, 0.1) is 0 Å². The van der Waals surface area contributed by atoms with E-state index in [9.17, 15) is 9.90 Å². The van der Waals surface area contributed by atoms with Crippen molar-refractivity contribution in [2.24, 2.45) is 0 Å². The topological polar surface area (TPSA) is 79.5 Å². The number of carbonyl (C=O) groups excluding carboxylic acids is 1. The van der Waals surface area contributed by atoms with E-state index >= 15 is 0 Å². The van der Waals surface area contributed by atoms with Gasteiger partial charge in [0.25, 0.3) is 5.91 Å². The fourth-order valence-electron chi connectivity index (χ4n) is 2.00. The van der Waals surface area contributed by atoms with E-state index in [2.05, 4.69) is 4.98 Å². The fraction of sp³-hybridized carbons (Fsp3) is 0.200. The van der Waals surface area contributed by atoms with Gasteiger partial charge in [-0.05, 0) is 24.6 Å². The lowest BCUT2D eigenvalue weighted by atomic mass is 10.1. The quantitative estimate of drug-likeness (QED) is 0.837. The Bertz CT molecular complexity index is 614. The maximum Gasteiger partial charge on any atom is 0.262 e. The highest BCUT2D eigenvalue weighted by atomic mass is 16.3. The molecule has 2 aromatic rings. The molecular weight excluding hydrogens is 254 g/mol. The molecule has 3 N–H and O–H groups in total. The number of carbonyl (C=O) groups is 1. The van der Waals surface area contributed by atoms with Crippen LogP contribution < -0.4 is 10.6 Å². The number of nitrogen functional groups attached to an aromatic ring is 1. The molecule has 2 rings (SSSR count). The molecule has 0 saturated carbocycles. The van der Waals surface area contributed by atoms with E-state index in [1.54, 1.807) is 17.0 Å². The van der Waals surface area contributed by atoms with E-state index in [0.29, 0.717) is 17.9 Å². The first-order valence-corrected chi connectivity index (χ1v) is 6.44. The van der Waals surface area contributed by atoms with Gasteiger partial charge in [-0.15, -0.1) is 0 Å². The lowest BCUT2D eigenvalue weighted by Crippen LogP contribution is -2.32. The van der Waals surface area contributed by atoms with Gasteiger partial charge in [-0.2, -0.15) is 0 Å². The molecular formula is C15H17N3O2. The Hall–Kier alpha value is -2.56. The molecule has 1 amide bonds. The van der Waals surface area contributed by atoms with Crippen molar-refractivity contribution in [2.75, 3.05) is 17.2 Å². The molecule has 1 aromatic heterocycles. The Morgan fingerprint density at radius 3 is 2.75 bits per heavy atom. The number of aromatic nitrogens is 1. The summed E-state index contributed by atoms with van der Waals surface area (Å²) in [5.74, 6) is -0.419. The van der Waals surface area contributed by atoms with Gasteiger partial charge >= 0.3 is 0 Å². The lowest BCUT2D eigenvalue weighted by Gasteiger charge is -2.24. The SMILES string of the molecule is CCCN(C(=O)c1ccncc1O)c1ccccc1N. The normalized spacial score (nSPS) is 10.2. The van der Waals surface area contributed by atoms with Crippen LogP contribution in [0.3, 0.4) is 0 Å². The van der Waals surface area contributed by atoms with Gasteiger partial charge in [0.1, 0.15) is 5.75 Å². The minimum atomic E-state index is -0.287. The van der Waals surface area contributed by atoms with Crippen LogP contribution in [0.5, 0.6) is 5.75 Å². The molecule has 104 valence electrons. The minimum Gasteiger partial charge on any atom is -0.505 e. The molecule has 5 heteroatoms. The van der Waals surface area contributed by atoms with E-state index in [0.717, 1.165) is 6.42 Å². The van der Waals surface area contributed by atoms with Gasteiger partial charge in [0, 0.05) is 12.7 Å². The molecule has 0 bridgehead atoms. The van der Waals surface area contributed by atoms with Crippen molar-refractivity contribution in [2.45, 2.75) is 13.3 Å². The van der Waals surface area contributed by atoms with Gasteiger partial charge in [-0.3, -0.25) is 9.78 Å². The van der Waals surface area contributed by atoms with E-state index in [-0.39, 0.29) is 17.2 Å². The summed E-state index contributed by atoms with van der Waals surface area (Å²) < 4.78 is 0. The van der Waals surface area contributed by atoms with Crippen LogP contribution >= 0.6 is 0 Å². The summed E-state index contributed by atoms with van der Waals surface area (Å²) in [7, 11) is 0. The summed E-state index contributed by atoms with van der Waals surface area (Å²) in [6, 6.07) is 8.68. The van der Waals surface area contributed by atoms with Crippen LogP contribution in [-0.4, -0.2) is 22.5 Å². The zero-order valence-corrected chi connectivity index (χ0v) is 11.3. The summed E-state index contributed by atoms with van der Waals surface area (Å²) in [5, 5.41) is 9.77. The monoisotopic (exact) mass is 271 g/mol. The molecule has 0 aliphatic heterocycles. The van der Waals surface area contributed by atoms with Crippen LogP contribution in [0.25, 0.3) is 0 Å². The third-order valence-electron chi connectivity index (χ3n) is 2.95. The van der Waals surface area contributed by atoms with Crippen molar-refractivity contribution in [3.63, 3.8) is 0 Å². The summed E-state index contributed by atoms with van der Waals surface area (Å²) >= 11 is 0. The van der Waals surface area contributed by atoms with E-state index < -0.39 is 0 Å². The first kappa shape index (κ1) is 13.9. The van der Waals surface area contributed by atoms with Crippen molar-refractivity contribution < 1.29 is 9.90 Å². The van der Waals surface area contributed by atoms with Gasteiger partial charge in [-0.1, -0.05) is 19.1 Å². The molecule has 0 unspecified atom stereocenters. The average Bonchev–Trinajstić information content (AvgIpc) is 2.46. The number of hydrogen-bond acceptors (Lipinski definition) is 4. The van der Waals surface area contributed by atoms with Crippen LogP contribution in [0.4, 0.5) is 11.4 Å². The summed E-state index contributed by atoms with van der Waals surface area (Å²) in [6.07, 6.45) is 3.52. The van der Waals surface area contributed by atoms with Crippen LogP contribution in [-0.2, 0) is 0 Å². The van der Waals surface area contributed by atoms with Gasteiger partial charge < -0.3 is 15.7 Å². The zero-order chi connectivity index (χ0) is 14.5. The average molecular weight is 271 g/mol. The van der Waals surface area contributed by atoms with Crippen molar-refractivity contribution >= 4 is 17.3 Å². The molecule has 0 aliphatic carbocycles. The predicted molar refractivity (Wildman–Crippen MR) is 78.7 cm³/mol. The Labute approximate surface area is 117 Å². The van der Waals surface area contributed by atoms with E-state index in [1.165, 1.54) is 18.5 Å². The third-order valence-corrected chi connectivity index (χ3v) is 2.95. The Kier molecular flexibility index (Phi) is 4.20. The molecule has 0 aliphatic rings. The Balaban J connectivity index is 2.42. The largest absolute Gasteiger partial charge is 0.505 e. The maximum absolute atomic E-state index is 12.6. The second-order valence-corrected chi connectivity index (χ2v) is 4.41. The minimum absolute atomic E-state index is 0.131. The second-order valence-electron chi connectivity index (χ2n) is 4.41. The van der Waals surface area contributed by atoms with Crippen molar-refractivity contribution in [3.05, 3.63) is 48.3 Å². The number of amides is 1. The number of anilines is 2. The van der Waals surface area contributed by atoms with Crippen LogP contribution in [0.2, 0.25) is 0 Å². The summed E-state index contributed by atoms with van der Waals surface area (Å²) in [5.41, 5.74) is 7.34. The lowest BCUT2D eigenvalue weighted by molar-refractivity contribution is 0.0984. The van der Waals surface area contributed by atoms with E-state index in [4.69, 9.17) is 5.73 Å². The Morgan fingerprint density at radius 2 is 2.10 bits per heavy atom. The van der Waals surface area contributed by atoms with Gasteiger partial charge in [-0.25, -0.2) is 0 Å². The number of para-hydroxylation sites is 2. The number of hydrogen-bond donors (Lipinski definition) is 2. The number of rotatable bonds is 4. The molecule has 0 spiro atoms. The highest BCUT2D eigenvalue weighted by Crippen LogP contribution is 2.26. The molecule has 0 fully saturated rings. The highest BCUT2D eigenvalue weighted by molar-refractivity contribution is 6.09. The van der Waals surface area contributed by atoms with Crippen molar-refractivity contribution in [1.29, 1.82) is 0 Å². The highest BCUT2D eigenvalue weighted by Gasteiger charge is 2.21. The van der Waals surface area contributed by atoms with Crippen molar-refractivity contribution in [1.82, 2.24) is 4.98 Å². The predicted octanol–water partition coefficient (Wildman–Crippen LogP) is 2.43. The molecule has 0 saturated heterocycles. The number of aromatic hydroxyl groups is 1. The summed E-state index contributed by atoms with van der Waals surface area (Å²) in [6.45, 7) is 2.50. The molecule has 1 heterocycles. The fourth-order valence-corrected chi connectivity index (χ4v) is 2.00. The Morgan fingerprint density at radius 1 is 1.35 bits per heavy atom. The number of benzene rings is 1. The number of nitrogens with two attached hydrogens (primary N) is 1. The molecule has 20 heavy (non-hydrogen) atoms. The summed E-state index contributed by atoms with van der Waals surface area (Å²) in [4.78, 5) is 17.9. The molecule has 0 atom stereocenters. The van der Waals surface area contributed by atoms with Gasteiger partial charge in [0.2, 0.25) is 0 Å². The molecule has 5 nitrogen and oxygen atoms in total. The van der Waals surface area contributed by atoms with Gasteiger partial charge in [0.05, 0.1) is 23.1 Å². The standard InChI is InChI=1S/C15H17N3O2/c1-2-9-18(13-6-4-3-5-12(13)16)15(20)11-7-8-17-10-14(11)19/h3-8,10,19H,2,9,16H2,1H3. The second kappa shape index (κ2) is 6.06. The van der Waals surface area contributed by atoms with Gasteiger partial charge in [0.15, 0.2) is 0 Å². The first-order valence-electron chi connectivity index (χ1n) is 6.44. The maximum atomic E-state index is 12.6. The number of pyridine rings is 1. The molecule has 1 aromatic carbocycles. The van der Waals surface area contributed by atoms with Crippen LogP contribution in [0.1, 0.15) is 23.7 Å². The third kappa shape index (κ3) is 2.71. The zero-order valence-electron chi connectivity index (χ0n) is 11.3.